The van der Waals surface area contributed by atoms with Gasteiger partial charge in [-0.05, 0) is 51.1 Å². The van der Waals surface area contributed by atoms with E-state index in [-0.39, 0.29) is 22.5 Å². The third-order valence-corrected chi connectivity index (χ3v) is 8.58. The van der Waals surface area contributed by atoms with Gasteiger partial charge in [-0.1, -0.05) is 19.8 Å². The van der Waals surface area contributed by atoms with Crippen LogP contribution in [0, 0.1) is 0 Å². The Morgan fingerprint density at radius 1 is 1.15 bits per heavy atom. The van der Waals surface area contributed by atoms with E-state index in [9.17, 15) is 16.8 Å². The first-order chi connectivity index (χ1) is 12.2. The van der Waals surface area contributed by atoms with Crippen molar-refractivity contribution < 1.29 is 21.6 Å². The second-order valence-corrected chi connectivity index (χ2v) is 11.4. The van der Waals surface area contributed by atoms with Gasteiger partial charge in [-0.15, -0.1) is 0 Å². The lowest BCUT2D eigenvalue weighted by Crippen LogP contribution is -2.43. The Bertz CT molecular complexity index is 785. The molecule has 1 aliphatic heterocycles. The maximum Gasteiger partial charge on any atom is 0.183 e. The summed E-state index contributed by atoms with van der Waals surface area (Å²) in [7, 11) is -7.11. The molecule has 8 heteroatoms. The summed E-state index contributed by atoms with van der Waals surface area (Å²) in [4.78, 5) is 0.135. The van der Waals surface area contributed by atoms with Crippen molar-refractivity contribution in [2.75, 3.05) is 18.1 Å². The van der Waals surface area contributed by atoms with Gasteiger partial charge >= 0.3 is 0 Å². The normalized spacial score (nSPS) is 22.6. The monoisotopic (exact) mass is 403 g/mol. The molecule has 0 bridgehead atoms. The van der Waals surface area contributed by atoms with Gasteiger partial charge in [0.2, 0.25) is 0 Å². The number of hydrogen-bond donors (Lipinski definition) is 1. The first-order valence-corrected chi connectivity index (χ1v) is 12.5. The Hall–Kier alpha value is -1.12. The fourth-order valence-electron chi connectivity index (χ4n) is 3.13. The summed E-state index contributed by atoms with van der Waals surface area (Å²) >= 11 is 0. The fraction of sp³-hybridized carbons (Fsp3) is 0.667. The molecule has 0 saturated carbocycles. The third-order valence-electron chi connectivity index (χ3n) is 4.41. The van der Waals surface area contributed by atoms with E-state index in [4.69, 9.17) is 4.74 Å². The standard InChI is InChI=1S/C18H29NO5S2/c1-4-5-6-11-19-17-12-25(20,21)13-18(17)26(22,23)16-9-7-15(8-10-16)24-14(2)3/h7-10,14,17-19H,4-6,11-13H2,1-3H3/t17-,18-/m0/s1. The Kier molecular flexibility index (Phi) is 7.10. The second-order valence-electron chi connectivity index (χ2n) is 7.07. The zero-order valence-corrected chi connectivity index (χ0v) is 17.3. The molecular formula is C18H29NO5S2. The average molecular weight is 404 g/mol. The number of unbranched alkanes of at least 4 members (excludes halogenated alkanes) is 2. The molecule has 1 heterocycles. The fourth-order valence-corrected chi connectivity index (χ4v) is 7.85. The van der Waals surface area contributed by atoms with Crippen LogP contribution in [0.3, 0.4) is 0 Å². The molecule has 6 nitrogen and oxygen atoms in total. The molecule has 0 spiro atoms. The number of rotatable bonds is 9. The Morgan fingerprint density at radius 3 is 2.38 bits per heavy atom. The molecule has 0 aliphatic carbocycles. The largest absolute Gasteiger partial charge is 0.491 e. The van der Waals surface area contributed by atoms with Crippen LogP contribution in [0.1, 0.15) is 40.0 Å². The van der Waals surface area contributed by atoms with Crippen molar-refractivity contribution in [2.24, 2.45) is 0 Å². The van der Waals surface area contributed by atoms with Crippen molar-refractivity contribution >= 4 is 19.7 Å². The van der Waals surface area contributed by atoms with E-state index in [1.165, 1.54) is 12.1 Å². The van der Waals surface area contributed by atoms with Crippen LogP contribution in [0.2, 0.25) is 0 Å². The van der Waals surface area contributed by atoms with E-state index in [1.54, 1.807) is 12.1 Å². The molecule has 2 atom stereocenters. The quantitative estimate of drug-likeness (QED) is 0.636. The second kappa shape index (κ2) is 8.71. The lowest BCUT2D eigenvalue weighted by molar-refractivity contribution is 0.242. The van der Waals surface area contributed by atoms with E-state index >= 15 is 0 Å². The van der Waals surface area contributed by atoms with Crippen molar-refractivity contribution in [1.82, 2.24) is 5.32 Å². The van der Waals surface area contributed by atoms with Crippen LogP contribution in [0.4, 0.5) is 0 Å². The van der Waals surface area contributed by atoms with Crippen molar-refractivity contribution in [3.63, 3.8) is 0 Å². The molecule has 0 amide bonds. The summed E-state index contributed by atoms with van der Waals surface area (Å²) < 4.78 is 55.7. The smallest absolute Gasteiger partial charge is 0.183 e. The van der Waals surface area contributed by atoms with Gasteiger partial charge < -0.3 is 10.1 Å². The van der Waals surface area contributed by atoms with E-state index in [0.717, 1.165) is 19.3 Å². The van der Waals surface area contributed by atoms with Crippen molar-refractivity contribution in [2.45, 2.75) is 62.3 Å². The van der Waals surface area contributed by atoms with Crippen LogP contribution in [0.25, 0.3) is 0 Å². The van der Waals surface area contributed by atoms with E-state index in [1.807, 2.05) is 13.8 Å². The van der Waals surface area contributed by atoms with Crippen molar-refractivity contribution in [3.05, 3.63) is 24.3 Å². The Morgan fingerprint density at radius 2 is 1.81 bits per heavy atom. The van der Waals surface area contributed by atoms with Crippen molar-refractivity contribution in [3.8, 4) is 5.75 Å². The molecule has 2 rings (SSSR count). The van der Waals surface area contributed by atoms with Gasteiger partial charge in [-0.2, -0.15) is 0 Å². The molecule has 0 unspecified atom stereocenters. The Balaban J connectivity index is 2.18. The highest BCUT2D eigenvalue weighted by molar-refractivity contribution is 7.96. The van der Waals surface area contributed by atoms with Crippen LogP contribution in [0.15, 0.2) is 29.2 Å². The third kappa shape index (κ3) is 5.44. The summed E-state index contributed by atoms with van der Waals surface area (Å²) in [5.41, 5.74) is 0. The summed E-state index contributed by atoms with van der Waals surface area (Å²) in [6.07, 6.45) is 2.98. The van der Waals surface area contributed by atoms with Crippen LogP contribution < -0.4 is 10.1 Å². The molecule has 1 N–H and O–H groups in total. The number of hydrogen-bond acceptors (Lipinski definition) is 6. The molecular weight excluding hydrogens is 374 g/mol. The van der Waals surface area contributed by atoms with Gasteiger partial charge in [-0.3, -0.25) is 0 Å². The van der Waals surface area contributed by atoms with Crippen LogP contribution in [0.5, 0.6) is 5.75 Å². The van der Waals surface area contributed by atoms with Crippen LogP contribution >= 0.6 is 0 Å². The maximum atomic E-state index is 13.0. The number of ether oxygens (including phenoxy) is 1. The summed E-state index contributed by atoms with van der Waals surface area (Å²) in [6, 6.07) is 5.65. The minimum absolute atomic E-state index is 0.00543. The van der Waals surface area contributed by atoms with Gasteiger partial charge in [0.1, 0.15) is 5.75 Å². The highest BCUT2D eigenvalue weighted by atomic mass is 32.2. The lowest BCUT2D eigenvalue weighted by atomic mass is 10.2. The molecule has 1 aromatic carbocycles. The van der Waals surface area contributed by atoms with Gasteiger partial charge in [0.15, 0.2) is 19.7 Å². The molecule has 0 radical (unpaired) electrons. The van der Waals surface area contributed by atoms with E-state index in [0.29, 0.717) is 12.3 Å². The molecule has 1 aliphatic rings. The molecule has 148 valence electrons. The first kappa shape index (κ1) is 21.2. The molecule has 1 saturated heterocycles. The molecule has 1 aromatic rings. The zero-order valence-electron chi connectivity index (χ0n) is 15.6. The average Bonchev–Trinajstić information content (AvgIpc) is 2.87. The van der Waals surface area contributed by atoms with Gasteiger partial charge in [0, 0.05) is 6.04 Å². The Labute approximate surface area is 157 Å². The molecule has 1 fully saturated rings. The van der Waals surface area contributed by atoms with Crippen LogP contribution in [-0.4, -0.2) is 52.3 Å². The number of benzene rings is 1. The zero-order chi connectivity index (χ0) is 19.4. The van der Waals surface area contributed by atoms with E-state index in [2.05, 4.69) is 12.2 Å². The molecule has 0 aromatic heterocycles. The minimum atomic E-state index is -3.74. The predicted octanol–water partition coefficient (Wildman–Crippen LogP) is 2.19. The van der Waals surface area contributed by atoms with Crippen molar-refractivity contribution in [1.29, 1.82) is 0 Å². The topological polar surface area (TPSA) is 89.5 Å². The summed E-state index contributed by atoms with van der Waals surface area (Å²) in [5, 5.41) is 2.20. The first-order valence-electron chi connectivity index (χ1n) is 9.10. The minimum Gasteiger partial charge on any atom is -0.491 e. The summed E-state index contributed by atoms with van der Waals surface area (Å²) in [6.45, 7) is 6.49. The van der Waals surface area contributed by atoms with Gasteiger partial charge in [0.05, 0.1) is 27.8 Å². The number of sulfone groups is 2. The van der Waals surface area contributed by atoms with Gasteiger partial charge in [-0.25, -0.2) is 16.8 Å². The van der Waals surface area contributed by atoms with Crippen LogP contribution in [-0.2, 0) is 19.7 Å². The highest BCUT2D eigenvalue weighted by Gasteiger charge is 2.45. The lowest BCUT2D eigenvalue weighted by Gasteiger charge is -2.20. The maximum absolute atomic E-state index is 13.0. The highest BCUT2D eigenvalue weighted by Crippen LogP contribution is 2.27. The van der Waals surface area contributed by atoms with E-state index < -0.39 is 31.0 Å². The molecule has 26 heavy (non-hydrogen) atoms. The predicted molar refractivity (Wildman–Crippen MR) is 103 cm³/mol. The SMILES string of the molecule is CCCCCN[C@H]1CS(=O)(=O)C[C@@H]1S(=O)(=O)c1ccc(OC(C)C)cc1. The van der Waals surface area contributed by atoms with Gasteiger partial charge in [0.25, 0.3) is 0 Å². The summed E-state index contributed by atoms with van der Waals surface area (Å²) in [5.74, 6) is 0.134. The number of nitrogens with one attached hydrogen (secondary N) is 1.